The van der Waals surface area contributed by atoms with E-state index in [1.807, 2.05) is 35.6 Å². The third-order valence-electron chi connectivity index (χ3n) is 30.0. The number of hydrogen-bond donors (Lipinski definition) is 0. The predicted molar refractivity (Wildman–Crippen MR) is 605 cm³/mol. The smallest absolute Gasteiger partial charge is 0.143 e. The topological polar surface area (TPSA) is 26.3 Å². The molecule has 0 aliphatic carbocycles. The van der Waals surface area contributed by atoms with E-state index in [9.17, 15) is 0 Å². The Balaban J connectivity index is 0.000000108. The maximum atomic E-state index is 6.38. The Kier molecular flexibility index (Phi) is 19.5. The van der Waals surface area contributed by atoms with Crippen molar-refractivity contribution in [3.63, 3.8) is 0 Å². The van der Waals surface area contributed by atoms with E-state index in [-0.39, 0.29) is 16.2 Å². The fourth-order valence-corrected chi connectivity index (χ4v) is 23.9. The Morgan fingerprint density at radius 3 is 0.936 bits per heavy atom. The molecule has 28 rings (SSSR count). The maximum absolute atomic E-state index is 6.38. The van der Waals surface area contributed by atoms with Crippen LogP contribution in [0.15, 0.2) is 433 Å². The van der Waals surface area contributed by atoms with E-state index in [0.29, 0.717) is 0 Å². The van der Waals surface area contributed by atoms with Crippen LogP contribution in [0.3, 0.4) is 0 Å². The van der Waals surface area contributed by atoms with Gasteiger partial charge in [0.15, 0.2) is 0 Å². The summed E-state index contributed by atoms with van der Waals surface area (Å²) in [5.74, 6) is 0. The molecule has 3 heterocycles. The lowest BCUT2D eigenvalue weighted by atomic mass is 9.81. The van der Waals surface area contributed by atoms with Crippen LogP contribution in [-0.2, 0) is 16.2 Å². The molecule has 0 saturated heterocycles. The summed E-state index contributed by atoms with van der Waals surface area (Å²) in [4.78, 5) is 0. The first-order valence-electron chi connectivity index (χ1n) is 49.1. The normalized spacial score (nSPS) is 12.4. The molecule has 0 saturated carbocycles. The molecule has 0 aliphatic rings. The summed E-state index contributed by atoms with van der Waals surface area (Å²) in [5, 5.41) is 33.6. The van der Waals surface area contributed by atoms with Gasteiger partial charge in [0, 0.05) is 52.8 Å². The van der Waals surface area contributed by atoms with Gasteiger partial charge < -0.3 is 8.83 Å². The molecule has 2 nitrogen and oxygen atoms in total. The first kappa shape index (κ1) is 84.2. The minimum atomic E-state index is 0.0805. The van der Waals surface area contributed by atoms with Crippen LogP contribution >= 0.6 is 11.3 Å². The Bertz CT molecular complexity index is 9790. The van der Waals surface area contributed by atoms with Gasteiger partial charge >= 0.3 is 0 Å². The Labute approximate surface area is 818 Å². The summed E-state index contributed by atoms with van der Waals surface area (Å²) >= 11 is 1.89. The van der Waals surface area contributed by atoms with Crippen LogP contribution in [0.5, 0.6) is 0 Å². The number of furan rings is 2. The number of rotatable bonds is 9. The summed E-state index contributed by atoms with van der Waals surface area (Å²) in [6.07, 6.45) is 0. The highest BCUT2D eigenvalue weighted by Crippen LogP contribution is 2.52. The van der Waals surface area contributed by atoms with Crippen LogP contribution < -0.4 is 0 Å². The molecule has 0 radical (unpaired) electrons. The van der Waals surface area contributed by atoms with Gasteiger partial charge in [-0.05, 0) is 279 Å². The van der Waals surface area contributed by atoms with Crippen LogP contribution in [0.4, 0.5) is 0 Å². The monoisotopic (exact) mass is 1810 g/mol. The van der Waals surface area contributed by atoms with Crippen molar-refractivity contribution in [3.8, 4) is 100 Å². The van der Waals surface area contributed by atoms with Gasteiger partial charge in [-0.3, -0.25) is 0 Å². The zero-order valence-corrected chi connectivity index (χ0v) is 81.0. The SMILES string of the molecule is CC(C)(C)c1cc2ccc3c(-c4ccccc4)cc(-c4ccc(-c5cccc6c5oc5ccccc56)cc4)c4ccc(c1)c2c34.CC(C)(C)c1ccc(-c2ccc3ccc4c(-c5ccc6cc(-c7cccc8c7sc7ccccc78)ccc6c5)ccc5ccc2c3c54)cc1.Cc1ccc(-c2cc(-c3ccc(-c4cccc5c4oc4ccccc45)cc3)c3ccc4cc(C(C)(C)C)cc5ccc2c3c54)cc1. The van der Waals surface area contributed by atoms with Crippen LogP contribution in [0.1, 0.15) is 84.6 Å². The van der Waals surface area contributed by atoms with Crippen LogP contribution in [0, 0.1) is 6.92 Å². The average molecular weight is 1810 g/mol. The molecule has 0 unspecified atom stereocenters. The van der Waals surface area contributed by atoms with Crippen molar-refractivity contribution in [3.05, 3.63) is 447 Å². The van der Waals surface area contributed by atoms with Crippen LogP contribution in [0.2, 0.25) is 0 Å². The minimum absolute atomic E-state index is 0.0805. The second-order valence-corrected chi connectivity index (χ2v) is 42.8. The lowest BCUT2D eigenvalue weighted by Crippen LogP contribution is -2.10. The molecular weight excluding hydrogens is 1710 g/mol. The molecule has 25 aromatic carbocycles. The van der Waals surface area contributed by atoms with Crippen molar-refractivity contribution < 1.29 is 8.83 Å². The van der Waals surface area contributed by atoms with Crippen molar-refractivity contribution in [2.45, 2.75) is 85.5 Å². The van der Waals surface area contributed by atoms with Crippen molar-refractivity contribution in [1.29, 1.82) is 0 Å². The third kappa shape index (κ3) is 14.1. The van der Waals surface area contributed by atoms with E-state index in [2.05, 4.69) is 470 Å². The molecule has 666 valence electrons. The van der Waals surface area contributed by atoms with Gasteiger partial charge in [0.05, 0.1) is 0 Å². The summed E-state index contributed by atoms with van der Waals surface area (Å²) in [7, 11) is 0. The quantitative estimate of drug-likeness (QED) is 0.135. The van der Waals surface area contributed by atoms with Gasteiger partial charge in [0.25, 0.3) is 0 Å². The Morgan fingerprint density at radius 1 is 0.179 bits per heavy atom. The highest BCUT2D eigenvalue weighted by atomic mass is 32.1. The molecule has 3 heteroatoms. The fourth-order valence-electron chi connectivity index (χ4n) is 22.6. The van der Waals surface area contributed by atoms with Gasteiger partial charge in [0.1, 0.15) is 22.3 Å². The molecule has 0 atom stereocenters. The Hall–Kier alpha value is -16.3. The molecule has 0 N–H and O–H groups in total. The molecule has 0 spiro atoms. The van der Waals surface area contributed by atoms with Gasteiger partial charge in [-0.1, -0.05) is 450 Å². The minimum Gasteiger partial charge on any atom is -0.455 e. The molecule has 0 fully saturated rings. The van der Waals surface area contributed by atoms with Gasteiger partial charge in [-0.25, -0.2) is 0 Å². The molecule has 0 amide bonds. The summed E-state index contributed by atoms with van der Waals surface area (Å²) < 4.78 is 15.4. The molecular formula is C137H100O2S. The van der Waals surface area contributed by atoms with Crippen LogP contribution in [0.25, 0.3) is 272 Å². The molecule has 28 aromatic rings. The number of thiophene rings is 1. The second-order valence-electron chi connectivity index (χ2n) is 41.7. The average Bonchev–Trinajstić information content (AvgIpc) is 0.943. The second kappa shape index (κ2) is 32.4. The van der Waals surface area contributed by atoms with Gasteiger partial charge in [-0.15, -0.1) is 11.3 Å². The molecule has 3 aromatic heterocycles. The number of aryl methyl sites for hydroxylation is 1. The van der Waals surface area contributed by atoms with Gasteiger partial charge in [0.2, 0.25) is 0 Å². The lowest BCUT2D eigenvalue weighted by molar-refractivity contribution is 0.590. The van der Waals surface area contributed by atoms with Crippen molar-refractivity contribution >= 4 is 183 Å². The summed E-state index contributed by atoms with van der Waals surface area (Å²) in [5.41, 5.74) is 31.5. The summed E-state index contributed by atoms with van der Waals surface area (Å²) in [6.45, 7) is 22.8. The van der Waals surface area contributed by atoms with Crippen LogP contribution in [-0.4, -0.2) is 0 Å². The highest BCUT2D eigenvalue weighted by molar-refractivity contribution is 7.26. The first-order valence-corrected chi connectivity index (χ1v) is 49.9. The maximum Gasteiger partial charge on any atom is 0.143 e. The molecule has 0 bridgehead atoms. The zero-order valence-electron chi connectivity index (χ0n) is 80.1. The van der Waals surface area contributed by atoms with Crippen molar-refractivity contribution in [2.75, 3.05) is 0 Å². The number of hydrogen-bond acceptors (Lipinski definition) is 3. The van der Waals surface area contributed by atoms with E-state index in [1.54, 1.807) is 0 Å². The van der Waals surface area contributed by atoms with Crippen molar-refractivity contribution in [2.24, 2.45) is 0 Å². The standard InChI is InChI=1S/C48H34S.C45H34O.C44H32O/c1-48(2,3)36-21-15-29(16-22-36)37-23-17-30-20-26-42-38(24-18-31-19-25-41(37)45(30)46(31)42)34-13-11-33-28-35(14-12-32(33)27-34)39-8-6-9-43-40-7-4-5-10-44(40)49-47(39)43;1-27-12-14-29(15-13-27)39-26-40(37-23-21-32-25-33(45(2,3)4)24-31-20-22-36(39)43(37)42(31)32)30-18-16-28(17-19-30)34-9-7-10-38-35-8-5-6-11-41(35)46-44(34)38;1-44(2,3)32-24-30-20-22-35-38(27-10-5-4-6-11-27)26-39(36-23-21-31(25-32)41(30)42(35)36)29-18-16-28(17-19-29)33-13-9-14-37-34-12-7-8-15-40(34)45-43(33)37/h4-28H,1-3H3;5-26H,1-4H3;4-26H,1-3H3. The van der Waals surface area contributed by atoms with Crippen molar-refractivity contribution in [1.82, 2.24) is 0 Å². The highest BCUT2D eigenvalue weighted by Gasteiger charge is 2.27. The van der Waals surface area contributed by atoms with E-state index in [4.69, 9.17) is 8.83 Å². The first-order chi connectivity index (χ1) is 68.2. The largest absolute Gasteiger partial charge is 0.455 e. The fraction of sp³-hybridized carbons (Fsp3) is 0.0949. The third-order valence-corrected chi connectivity index (χ3v) is 31.2. The predicted octanol–water partition coefficient (Wildman–Crippen LogP) is 40.3. The number of para-hydroxylation sites is 4. The number of fused-ring (bicyclic) bond motifs is 10. The zero-order chi connectivity index (χ0) is 94.3. The van der Waals surface area contributed by atoms with Gasteiger partial charge in [-0.2, -0.15) is 0 Å². The lowest BCUT2D eigenvalue weighted by Gasteiger charge is -2.23. The van der Waals surface area contributed by atoms with E-state index in [0.717, 1.165) is 66.1 Å². The molecule has 0 aliphatic heterocycles. The van der Waals surface area contributed by atoms with E-state index < -0.39 is 0 Å². The van der Waals surface area contributed by atoms with E-state index in [1.165, 1.54) is 228 Å². The Morgan fingerprint density at radius 2 is 0.493 bits per heavy atom. The molecule has 140 heavy (non-hydrogen) atoms. The van der Waals surface area contributed by atoms with E-state index >= 15 is 0 Å². The summed E-state index contributed by atoms with van der Waals surface area (Å²) in [6, 6.07) is 157. The number of benzene rings is 25.